The lowest BCUT2D eigenvalue weighted by Crippen LogP contribution is -2.40. The van der Waals surface area contributed by atoms with E-state index in [0.717, 1.165) is 34.1 Å². The third kappa shape index (κ3) is 4.73. The van der Waals surface area contributed by atoms with E-state index in [9.17, 15) is 0 Å². The van der Waals surface area contributed by atoms with Crippen LogP contribution in [0, 0.1) is 0 Å². The number of para-hydroxylation sites is 3. The maximum atomic E-state index is 2.47. The lowest BCUT2D eigenvalue weighted by molar-refractivity contribution is 0.563. The fourth-order valence-corrected chi connectivity index (χ4v) is 9.36. The van der Waals surface area contributed by atoms with Gasteiger partial charge in [-0.25, -0.2) is 0 Å². The van der Waals surface area contributed by atoms with Gasteiger partial charge in [-0.15, -0.1) is 0 Å². The Morgan fingerprint density at radius 1 is 0.278 bits per heavy atom. The van der Waals surface area contributed by atoms with Gasteiger partial charge in [-0.1, -0.05) is 147 Å². The van der Waals surface area contributed by atoms with Gasteiger partial charge in [0.2, 0.25) is 0 Å². The lowest BCUT2D eigenvalue weighted by Gasteiger charge is -2.46. The minimum absolute atomic E-state index is 0.140. The molecule has 0 atom stereocenters. The highest BCUT2D eigenvalue weighted by Crippen LogP contribution is 2.62. The first-order chi connectivity index (χ1) is 26.6. The molecule has 2 aliphatic rings. The fraction of sp³-hybridized carbons (Fsp3) is 0.0769. The predicted molar refractivity (Wildman–Crippen MR) is 225 cm³/mol. The number of rotatable bonds is 6. The highest BCUT2D eigenvalue weighted by atomic mass is 15.2. The Kier molecular flexibility index (Phi) is 7.42. The van der Waals surface area contributed by atoms with Crippen molar-refractivity contribution < 1.29 is 0 Å². The molecule has 0 radical (unpaired) electrons. The van der Waals surface area contributed by atoms with Crippen molar-refractivity contribution in [2.45, 2.75) is 24.7 Å². The van der Waals surface area contributed by atoms with E-state index in [2.05, 4.69) is 230 Å². The van der Waals surface area contributed by atoms with E-state index in [1.165, 1.54) is 44.5 Å². The van der Waals surface area contributed by atoms with Gasteiger partial charge in [0.25, 0.3) is 0 Å². The van der Waals surface area contributed by atoms with E-state index < -0.39 is 5.41 Å². The second kappa shape index (κ2) is 12.5. The van der Waals surface area contributed by atoms with Crippen LogP contribution in [0.25, 0.3) is 11.1 Å². The summed E-state index contributed by atoms with van der Waals surface area (Å²) in [6.07, 6.45) is 0. The molecule has 0 bridgehead atoms. The summed E-state index contributed by atoms with van der Waals surface area (Å²) >= 11 is 0. The summed E-state index contributed by atoms with van der Waals surface area (Å²) in [6, 6.07) is 75.5. The maximum Gasteiger partial charge on any atom is 0.0720 e. The fourth-order valence-electron chi connectivity index (χ4n) is 9.36. The molecule has 2 nitrogen and oxygen atoms in total. The highest BCUT2D eigenvalue weighted by Gasteiger charge is 2.53. The maximum absolute atomic E-state index is 2.47. The minimum Gasteiger partial charge on any atom is -0.311 e. The molecule has 0 unspecified atom stereocenters. The first kappa shape index (κ1) is 32.0. The Bertz CT molecular complexity index is 2540. The van der Waals surface area contributed by atoms with Crippen LogP contribution in [-0.4, -0.2) is 0 Å². The standard InChI is InChI=1S/C52H40N2/c1-51(2)46-26-14-16-28-48(46)52(49-29-17-15-27-47(49)51)45-25-13-12-24-43(45)44-35-34-42(36-50(44)52)54(39-22-10-5-11-23-39)41-32-30-40(31-33-41)53(37-18-6-3-7-19-37)38-20-8-4-9-21-38/h3-36H,1-2H3. The van der Waals surface area contributed by atoms with E-state index in [-0.39, 0.29) is 5.41 Å². The normalized spacial score (nSPS) is 14.0. The molecule has 2 heteroatoms. The van der Waals surface area contributed by atoms with Crippen LogP contribution < -0.4 is 9.80 Å². The first-order valence-electron chi connectivity index (χ1n) is 18.9. The zero-order chi connectivity index (χ0) is 36.3. The molecule has 0 heterocycles. The van der Waals surface area contributed by atoms with Crippen LogP contribution in [0.2, 0.25) is 0 Å². The molecule has 0 N–H and O–H groups in total. The Morgan fingerprint density at radius 2 is 0.611 bits per heavy atom. The molecular weight excluding hydrogens is 653 g/mol. The van der Waals surface area contributed by atoms with Crippen molar-refractivity contribution >= 4 is 34.1 Å². The molecule has 0 amide bonds. The number of benzene rings is 8. The summed E-state index contributed by atoms with van der Waals surface area (Å²) in [5.74, 6) is 0. The van der Waals surface area contributed by atoms with Crippen LogP contribution in [0.1, 0.15) is 47.2 Å². The van der Waals surface area contributed by atoms with Gasteiger partial charge in [0, 0.05) is 39.5 Å². The van der Waals surface area contributed by atoms with Crippen LogP contribution in [0.4, 0.5) is 34.1 Å². The molecule has 0 saturated heterocycles. The molecular formula is C52H40N2. The van der Waals surface area contributed by atoms with Gasteiger partial charge in [0.15, 0.2) is 0 Å². The summed E-state index contributed by atoms with van der Waals surface area (Å²) < 4.78 is 0. The van der Waals surface area contributed by atoms with E-state index in [0.29, 0.717) is 0 Å². The summed E-state index contributed by atoms with van der Waals surface area (Å²) in [6.45, 7) is 4.76. The van der Waals surface area contributed by atoms with Gasteiger partial charge in [-0.3, -0.25) is 0 Å². The molecule has 54 heavy (non-hydrogen) atoms. The highest BCUT2D eigenvalue weighted by molar-refractivity contribution is 5.91. The smallest absolute Gasteiger partial charge is 0.0720 e. The SMILES string of the molecule is CC1(C)c2ccccc2C2(c3ccccc3-c3ccc(N(c4ccccc4)c4ccc(N(c5ccccc5)c5ccccc5)cc4)cc32)c2ccccc21. The van der Waals surface area contributed by atoms with E-state index in [1.807, 2.05) is 0 Å². The van der Waals surface area contributed by atoms with Crippen molar-refractivity contribution in [2.75, 3.05) is 9.80 Å². The molecule has 1 spiro atoms. The van der Waals surface area contributed by atoms with Crippen molar-refractivity contribution in [1.82, 2.24) is 0 Å². The van der Waals surface area contributed by atoms with E-state index in [4.69, 9.17) is 0 Å². The molecule has 8 aromatic carbocycles. The Morgan fingerprint density at radius 3 is 1.09 bits per heavy atom. The molecule has 0 fully saturated rings. The predicted octanol–water partition coefficient (Wildman–Crippen LogP) is 13.6. The van der Waals surface area contributed by atoms with E-state index >= 15 is 0 Å². The van der Waals surface area contributed by atoms with Crippen molar-refractivity contribution in [2.24, 2.45) is 0 Å². The molecule has 258 valence electrons. The summed E-state index contributed by atoms with van der Waals surface area (Å²) in [7, 11) is 0. The number of hydrogen-bond acceptors (Lipinski definition) is 2. The number of fused-ring (bicyclic) bond motifs is 9. The lowest BCUT2D eigenvalue weighted by atomic mass is 9.55. The van der Waals surface area contributed by atoms with Crippen LogP contribution in [-0.2, 0) is 10.8 Å². The monoisotopic (exact) mass is 692 g/mol. The van der Waals surface area contributed by atoms with Crippen molar-refractivity contribution in [3.05, 3.63) is 240 Å². The molecule has 0 aliphatic heterocycles. The van der Waals surface area contributed by atoms with Gasteiger partial charge in [-0.05, 0) is 117 Å². The molecule has 0 aromatic heterocycles. The zero-order valence-electron chi connectivity index (χ0n) is 30.5. The third-order valence-electron chi connectivity index (χ3n) is 11.7. The van der Waals surface area contributed by atoms with Crippen molar-refractivity contribution in [3.63, 3.8) is 0 Å². The zero-order valence-corrected chi connectivity index (χ0v) is 30.5. The Balaban J connectivity index is 1.18. The van der Waals surface area contributed by atoms with Crippen molar-refractivity contribution in [3.8, 4) is 11.1 Å². The Labute approximate surface area is 318 Å². The number of anilines is 6. The van der Waals surface area contributed by atoms with Crippen LogP contribution in [0.15, 0.2) is 206 Å². The molecule has 2 aliphatic carbocycles. The van der Waals surface area contributed by atoms with Gasteiger partial charge in [0.05, 0.1) is 5.41 Å². The van der Waals surface area contributed by atoms with Crippen LogP contribution >= 0.6 is 0 Å². The quantitative estimate of drug-likeness (QED) is 0.171. The van der Waals surface area contributed by atoms with Crippen molar-refractivity contribution in [1.29, 1.82) is 0 Å². The molecule has 0 saturated carbocycles. The van der Waals surface area contributed by atoms with Gasteiger partial charge in [0.1, 0.15) is 0 Å². The minimum atomic E-state index is -0.456. The summed E-state index contributed by atoms with van der Waals surface area (Å²) in [5, 5.41) is 0. The number of hydrogen-bond donors (Lipinski definition) is 0. The Hall–Kier alpha value is -6.64. The third-order valence-corrected chi connectivity index (χ3v) is 11.7. The largest absolute Gasteiger partial charge is 0.311 e. The molecule has 8 aromatic rings. The average Bonchev–Trinajstić information content (AvgIpc) is 3.52. The molecule has 10 rings (SSSR count). The summed E-state index contributed by atoms with van der Waals surface area (Å²) in [4.78, 5) is 4.72. The second-order valence-electron chi connectivity index (χ2n) is 14.9. The first-order valence-corrected chi connectivity index (χ1v) is 18.9. The van der Waals surface area contributed by atoms with Gasteiger partial charge >= 0.3 is 0 Å². The average molecular weight is 693 g/mol. The van der Waals surface area contributed by atoms with Crippen LogP contribution in [0.5, 0.6) is 0 Å². The summed E-state index contributed by atoms with van der Waals surface area (Å²) in [5.41, 5.74) is 16.9. The van der Waals surface area contributed by atoms with Gasteiger partial charge < -0.3 is 9.80 Å². The van der Waals surface area contributed by atoms with Gasteiger partial charge in [-0.2, -0.15) is 0 Å². The topological polar surface area (TPSA) is 6.48 Å². The van der Waals surface area contributed by atoms with Crippen LogP contribution in [0.3, 0.4) is 0 Å². The van der Waals surface area contributed by atoms with E-state index in [1.54, 1.807) is 0 Å². The number of nitrogens with zero attached hydrogens (tertiary/aromatic N) is 2. The second-order valence-corrected chi connectivity index (χ2v) is 14.9.